The summed E-state index contributed by atoms with van der Waals surface area (Å²) in [6, 6.07) is 5.54. The van der Waals surface area contributed by atoms with Crippen molar-refractivity contribution in [2.75, 3.05) is 34.2 Å². The van der Waals surface area contributed by atoms with Crippen molar-refractivity contribution in [3.05, 3.63) is 30.1 Å². The maximum absolute atomic E-state index is 12.7. The van der Waals surface area contributed by atoms with E-state index in [9.17, 15) is 13.2 Å². The second-order valence-corrected chi connectivity index (χ2v) is 9.34. The number of pyridine rings is 1. The van der Waals surface area contributed by atoms with Crippen LogP contribution >= 0.6 is 0 Å². The number of amides is 1. The summed E-state index contributed by atoms with van der Waals surface area (Å²) >= 11 is 0. The van der Waals surface area contributed by atoms with Gasteiger partial charge in [0.15, 0.2) is 5.60 Å². The number of rotatable bonds is 5. The molecule has 1 spiro atoms. The van der Waals surface area contributed by atoms with E-state index in [1.54, 1.807) is 18.1 Å². The van der Waals surface area contributed by atoms with Crippen molar-refractivity contribution < 1.29 is 18.0 Å². The molecule has 2 aliphatic rings. The molecule has 1 amide bonds. The van der Waals surface area contributed by atoms with Gasteiger partial charge in [-0.05, 0) is 25.0 Å². The van der Waals surface area contributed by atoms with E-state index in [4.69, 9.17) is 4.84 Å². The van der Waals surface area contributed by atoms with Crippen molar-refractivity contribution in [2.24, 2.45) is 5.16 Å². The van der Waals surface area contributed by atoms with Crippen molar-refractivity contribution in [1.29, 1.82) is 0 Å². The number of carbonyl (C=O) groups excluding carboxylic acids is 1. The Morgan fingerprint density at radius 3 is 2.78 bits per heavy atom. The van der Waals surface area contributed by atoms with Crippen molar-refractivity contribution in [2.45, 2.75) is 31.4 Å². The molecule has 3 rings (SSSR count). The Kier molecular flexibility index (Phi) is 5.50. The highest BCUT2D eigenvalue weighted by molar-refractivity contribution is 7.86. The van der Waals surface area contributed by atoms with Crippen molar-refractivity contribution in [1.82, 2.24) is 18.5 Å². The van der Waals surface area contributed by atoms with Crippen LogP contribution in [-0.2, 0) is 26.4 Å². The molecular formula is C17H25N5O4S. The van der Waals surface area contributed by atoms with E-state index in [2.05, 4.69) is 10.1 Å². The molecule has 1 aromatic rings. The Bertz CT molecular complexity index is 827. The Hall–Kier alpha value is -2.04. The molecule has 1 atom stereocenters. The maximum atomic E-state index is 12.7. The molecule has 0 aliphatic carbocycles. The van der Waals surface area contributed by atoms with Crippen LogP contribution in [-0.4, -0.2) is 78.4 Å². The third kappa shape index (κ3) is 4.12. The van der Waals surface area contributed by atoms with E-state index >= 15 is 0 Å². The minimum Gasteiger partial charge on any atom is -0.387 e. The van der Waals surface area contributed by atoms with Gasteiger partial charge >= 0.3 is 0 Å². The van der Waals surface area contributed by atoms with Gasteiger partial charge in [0.2, 0.25) is 0 Å². The zero-order valence-corrected chi connectivity index (χ0v) is 16.6. The maximum Gasteiger partial charge on any atom is 0.281 e. The number of nitrogens with zero attached hydrogens (tertiary/aromatic N) is 5. The summed E-state index contributed by atoms with van der Waals surface area (Å²) in [4.78, 5) is 24.1. The van der Waals surface area contributed by atoms with Gasteiger partial charge in [-0.2, -0.15) is 17.0 Å². The molecule has 3 heterocycles. The van der Waals surface area contributed by atoms with E-state index in [-0.39, 0.29) is 12.5 Å². The quantitative estimate of drug-likeness (QED) is 0.722. The highest BCUT2D eigenvalue weighted by Crippen LogP contribution is 2.35. The number of hydrogen-bond acceptors (Lipinski definition) is 6. The lowest BCUT2D eigenvalue weighted by Crippen LogP contribution is -2.53. The number of aromatic nitrogens is 1. The molecule has 1 unspecified atom stereocenters. The highest BCUT2D eigenvalue weighted by atomic mass is 32.2. The zero-order valence-electron chi connectivity index (χ0n) is 15.8. The molecule has 9 nitrogen and oxygen atoms in total. The molecule has 1 aromatic heterocycles. The van der Waals surface area contributed by atoms with E-state index < -0.39 is 15.8 Å². The normalized spacial score (nSPS) is 23.3. The average molecular weight is 395 g/mol. The first-order valence-corrected chi connectivity index (χ1v) is 10.2. The number of hydrogen-bond donors (Lipinski definition) is 0. The van der Waals surface area contributed by atoms with Crippen LogP contribution in [0, 0.1) is 0 Å². The van der Waals surface area contributed by atoms with Crippen LogP contribution in [0.25, 0.3) is 0 Å². The van der Waals surface area contributed by atoms with Gasteiger partial charge in [0.25, 0.3) is 16.1 Å². The summed E-state index contributed by atoms with van der Waals surface area (Å²) in [5.74, 6) is -0.231. The lowest BCUT2D eigenvalue weighted by molar-refractivity contribution is -0.123. The molecule has 2 aliphatic heterocycles. The minimum atomic E-state index is -3.53. The standard InChI is InChI=1S/C17H25N5O4S/c1-20(2)27(24,25)22-10-6-8-17(13-22)11-15(19-26-17)16(23)21(3)12-14-7-4-5-9-18-14/h4-5,7,9H,6,8,10-13H2,1-3H3. The lowest BCUT2D eigenvalue weighted by atomic mass is 9.89. The second-order valence-electron chi connectivity index (χ2n) is 7.20. The van der Waals surface area contributed by atoms with Gasteiger partial charge in [0, 0.05) is 40.3 Å². The molecule has 148 valence electrons. The van der Waals surface area contributed by atoms with Crippen LogP contribution in [0.4, 0.5) is 0 Å². The fourth-order valence-corrected chi connectivity index (χ4v) is 4.59. The van der Waals surface area contributed by atoms with E-state index in [0.717, 1.165) is 5.69 Å². The minimum absolute atomic E-state index is 0.192. The molecule has 27 heavy (non-hydrogen) atoms. The van der Waals surface area contributed by atoms with Crippen LogP contribution in [0.3, 0.4) is 0 Å². The number of piperidine rings is 1. The summed E-state index contributed by atoms with van der Waals surface area (Å²) in [6.45, 7) is 0.999. The first-order chi connectivity index (χ1) is 12.7. The number of carbonyl (C=O) groups is 1. The van der Waals surface area contributed by atoms with Gasteiger partial charge in [0.05, 0.1) is 18.8 Å². The van der Waals surface area contributed by atoms with Crippen molar-refractivity contribution in [3.63, 3.8) is 0 Å². The average Bonchev–Trinajstić information content (AvgIpc) is 3.05. The van der Waals surface area contributed by atoms with Crippen LogP contribution in [0.1, 0.15) is 25.0 Å². The fourth-order valence-electron chi connectivity index (χ4n) is 3.37. The first kappa shape index (κ1) is 19.7. The fraction of sp³-hybridized carbons (Fsp3) is 0.588. The lowest BCUT2D eigenvalue weighted by Gasteiger charge is -2.38. The molecule has 0 N–H and O–H groups in total. The summed E-state index contributed by atoms with van der Waals surface area (Å²) in [5.41, 5.74) is 0.332. The van der Waals surface area contributed by atoms with Crippen LogP contribution in [0.15, 0.2) is 29.6 Å². The molecule has 0 saturated carbocycles. The first-order valence-electron chi connectivity index (χ1n) is 8.82. The molecule has 0 radical (unpaired) electrons. The van der Waals surface area contributed by atoms with Gasteiger partial charge in [-0.25, -0.2) is 0 Å². The predicted octanol–water partition coefficient (Wildman–Crippen LogP) is 0.457. The topological polar surface area (TPSA) is 95.4 Å². The van der Waals surface area contributed by atoms with E-state index in [1.165, 1.54) is 22.7 Å². The van der Waals surface area contributed by atoms with Crippen LogP contribution in [0.5, 0.6) is 0 Å². The monoisotopic (exact) mass is 395 g/mol. The molecule has 1 fully saturated rings. The molecule has 0 aromatic carbocycles. The van der Waals surface area contributed by atoms with Gasteiger partial charge in [-0.3, -0.25) is 9.78 Å². The molecular weight excluding hydrogens is 370 g/mol. The van der Waals surface area contributed by atoms with Gasteiger partial charge in [-0.1, -0.05) is 11.2 Å². The van der Waals surface area contributed by atoms with Gasteiger partial charge in [0.1, 0.15) is 5.71 Å². The van der Waals surface area contributed by atoms with E-state index in [0.29, 0.717) is 38.1 Å². The summed E-state index contributed by atoms with van der Waals surface area (Å²) in [5, 5.41) is 4.01. The summed E-state index contributed by atoms with van der Waals surface area (Å²) in [6.07, 6.45) is 3.31. The Morgan fingerprint density at radius 2 is 2.11 bits per heavy atom. The van der Waals surface area contributed by atoms with Crippen molar-refractivity contribution in [3.8, 4) is 0 Å². The Balaban J connectivity index is 1.65. The second kappa shape index (κ2) is 7.53. The zero-order chi connectivity index (χ0) is 19.7. The highest BCUT2D eigenvalue weighted by Gasteiger charge is 2.47. The predicted molar refractivity (Wildman–Crippen MR) is 100.0 cm³/mol. The molecule has 1 saturated heterocycles. The van der Waals surface area contributed by atoms with Gasteiger partial charge < -0.3 is 9.74 Å². The molecule has 10 heteroatoms. The van der Waals surface area contributed by atoms with Crippen LogP contribution < -0.4 is 0 Å². The van der Waals surface area contributed by atoms with Crippen molar-refractivity contribution >= 4 is 21.8 Å². The Morgan fingerprint density at radius 1 is 1.33 bits per heavy atom. The SMILES string of the molecule is CN(Cc1ccccn1)C(=O)C1=NOC2(CCCN(S(=O)(=O)N(C)C)C2)C1. The largest absolute Gasteiger partial charge is 0.387 e. The van der Waals surface area contributed by atoms with Crippen LogP contribution in [0.2, 0.25) is 0 Å². The smallest absolute Gasteiger partial charge is 0.281 e. The molecule has 0 bridgehead atoms. The third-order valence-electron chi connectivity index (χ3n) is 4.85. The van der Waals surface area contributed by atoms with Gasteiger partial charge in [-0.15, -0.1) is 0 Å². The third-order valence-corrected chi connectivity index (χ3v) is 6.74. The van der Waals surface area contributed by atoms with E-state index in [1.807, 2.05) is 18.2 Å². The summed E-state index contributed by atoms with van der Waals surface area (Å²) in [7, 11) is 1.17. The summed E-state index contributed by atoms with van der Waals surface area (Å²) < 4.78 is 27.4. The Labute approximate surface area is 159 Å². The number of oxime groups is 1.